The minimum absolute atomic E-state index is 0.192. The Balaban J connectivity index is 2.35. The van der Waals surface area contributed by atoms with E-state index in [1.807, 2.05) is 0 Å². The SMILES string of the molecule is NCCCCc1c(-c2c(Cl)cccc2Cl)[nH]c2c(Cl)ccc(C(=O)O)c12. The third-order valence-corrected chi connectivity index (χ3v) is 5.28. The summed E-state index contributed by atoms with van der Waals surface area (Å²) in [5.41, 5.74) is 8.55. The maximum absolute atomic E-state index is 11.8. The maximum Gasteiger partial charge on any atom is 0.336 e. The van der Waals surface area contributed by atoms with Crippen LogP contribution in [-0.2, 0) is 6.42 Å². The van der Waals surface area contributed by atoms with Crippen molar-refractivity contribution in [3.05, 3.63) is 56.5 Å². The zero-order chi connectivity index (χ0) is 18.8. The summed E-state index contributed by atoms with van der Waals surface area (Å²) in [4.78, 5) is 15.0. The van der Waals surface area contributed by atoms with Crippen molar-refractivity contribution >= 4 is 51.7 Å². The highest BCUT2D eigenvalue weighted by Crippen LogP contribution is 2.42. The van der Waals surface area contributed by atoms with Crippen LogP contribution < -0.4 is 5.73 Å². The lowest BCUT2D eigenvalue weighted by molar-refractivity contribution is 0.0699. The first kappa shape index (κ1) is 19.1. The number of halogens is 3. The lowest BCUT2D eigenvalue weighted by Gasteiger charge is -2.09. The summed E-state index contributed by atoms with van der Waals surface area (Å²) in [6.07, 6.45) is 2.27. The van der Waals surface area contributed by atoms with E-state index in [-0.39, 0.29) is 5.56 Å². The van der Waals surface area contributed by atoms with Gasteiger partial charge in [0.2, 0.25) is 0 Å². The van der Waals surface area contributed by atoms with Crippen LogP contribution in [0.3, 0.4) is 0 Å². The van der Waals surface area contributed by atoms with Crippen molar-refractivity contribution in [3.63, 3.8) is 0 Å². The van der Waals surface area contributed by atoms with E-state index in [4.69, 9.17) is 40.5 Å². The minimum atomic E-state index is -1.01. The number of fused-ring (bicyclic) bond motifs is 1. The molecule has 0 radical (unpaired) electrons. The predicted molar refractivity (Wildman–Crippen MR) is 108 cm³/mol. The van der Waals surface area contributed by atoms with Crippen LogP contribution in [0.25, 0.3) is 22.2 Å². The molecule has 1 aromatic heterocycles. The van der Waals surface area contributed by atoms with Crippen molar-refractivity contribution in [2.75, 3.05) is 6.54 Å². The highest BCUT2D eigenvalue weighted by atomic mass is 35.5. The number of carbonyl (C=O) groups is 1. The number of nitrogens with two attached hydrogens (primary N) is 1. The number of carboxylic acid groups (broad SMARTS) is 1. The Labute approximate surface area is 165 Å². The van der Waals surface area contributed by atoms with Gasteiger partial charge in [0.25, 0.3) is 0 Å². The molecule has 0 aliphatic carbocycles. The van der Waals surface area contributed by atoms with Crippen LogP contribution in [0.2, 0.25) is 15.1 Å². The maximum atomic E-state index is 11.8. The molecule has 0 amide bonds. The molecular weight excluding hydrogens is 395 g/mol. The fraction of sp³-hybridized carbons (Fsp3) is 0.211. The molecule has 0 bridgehead atoms. The fourth-order valence-corrected chi connectivity index (χ4v) is 3.95. The number of hydrogen-bond donors (Lipinski definition) is 3. The lowest BCUT2D eigenvalue weighted by Crippen LogP contribution is -2.01. The summed E-state index contributed by atoms with van der Waals surface area (Å²) in [5, 5.41) is 11.6. The van der Waals surface area contributed by atoms with E-state index in [1.165, 1.54) is 6.07 Å². The second-order valence-electron chi connectivity index (χ2n) is 5.97. The lowest BCUT2D eigenvalue weighted by atomic mass is 9.97. The van der Waals surface area contributed by atoms with Gasteiger partial charge in [-0.1, -0.05) is 40.9 Å². The summed E-state index contributed by atoms with van der Waals surface area (Å²) in [5.74, 6) is -1.01. The smallest absolute Gasteiger partial charge is 0.336 e. The van der Waals surface area contributed by atoms with E-state index in [9.17, 15) is 9.90 Å². The van der Waals surface area contributed by atoms with Crippen LogP contribution in [0.1, 0.15) is 28.8 Å². The molecule has 2 aromatic carbocycles. The molecule has 0 unspecified atom stereocenters. The predicted octanol–water partition coefficient (Wildman–Crippen LogP) is 5.77. The highest BCUT2D eigenvalue weighted by molar-refractivity contribution is 6.40. The summed E-state index contributed by atoms with van der Waals surface area (Å²) in [6.45, 7) is 0.567. The van der Waals surface area contributed by atoms with Crippen LogP contribution in [0.4, 0.5) is 0 Å². The number of unbranched alkanes of at least 4 members (excludes halogenated alkanes) is 1. The van der Waals surface area contributed by atoms with Gasteiger partial charge in [0, 0.05) is 10.9 Å². The van der Waals surface area contributed by atoms with Gasteiger partial charge >= 0.3 is 5.97 Å². The van der Waals surface area contributed by atoms with Gasteiger partial charge in [-0.25, -0.2) is 4.79 Å². The fourth-order valence-electron chi connectivity index (χ4n) is 3.16. The molecule has 3 aromatic rings. The van der Waals surface area contributed by atoms with E-state index in [1.54, 1.807) is 24.3 Å². The highest BCUT2D eigenvalue weighted by Gasteiger charge is 2.23. The number of aryl methyl sites for hydroxylation is 1. The normalized spacial score (nSPS) is 11.2. The molecule has 7 heteroatoms. The Hall–Kier alpha value is -1.72. The third-order valence-electron chi connectivity index (χ3n) is 4.33. The Morgan fingerprint density at radius 3 is 2.35 bits per heavy atom. The van der Waals surface area contributed by atoms with E-state index in [0.29, 0.717) is 50.2 Å². The van der Waals surface area contributed by atoms with Crippen LogP contribution in [0.5, 0.6) is 0 Å². The second kappa shape index (κ2) is 7.89. The number of aromatic nitrogens is 1. The van der Waals surface area contributed by atoms with Crippen LogP contribution in [0.15, 0.2) is 30.3 Å². The molecule has 136 valence electrons. The molecule has 0 saturated carbocycles. The van der Waals surface area contributed by atoms with Crippen LogP contribution in [0, 0.1) is 0 Å². The van der Waals surface area contributed by atoms with Gasteiger partial charge in [0.05, 0.1) is 31.8 Å². The number of carboxylic acids is 1. The standard InChI is InChI=1S/C19H17Cl3N2O2/c20-12-5-3-6-13(21)16(12)17-10(4-1-2-9-23)15-11(19(25)26)7-8-14(22)18(15)24-17/h3,5-8,24H,1-2,4,9,23H2,(H,25,26). The summed E-state index contributed by atoms with van der Waals surface area (Å²) in [6, 6.07) is 8.35. The average molecular weight is 412 g/mol. The Morgan fingerprint density at radius 1 is 1.04 bits per heavy atom. The number of nitrogens with one attached hydrogen (secondary N) is 1. The van der Waals surface area contributed by atoms with Crippen molar-refractivity contribution in [1.82, 2.24) is 4.98 Å². The van der Waals surface area contributed by atoms with Gasteiger partial charge in [0.15, 0.2) is 0 Å². The van der Waals surface area contributed by atoms with E-state index >= 15 is 0 Å². The average Bonchev–Trinajstić information content (AvgIpc) is 2.95. The minimum Gasteiger partial charge on any atom is -0.478 e. The largest absolute Gasteiger partial charge is 0.478 e. The first-order valence-electron chi connectivity index (χ1n) is 8.16. The number of aromatic amines is 1. The van der Waals surface area contributed by atoms with Crippen molar-refractivity contribution in [1.29, 1.82) is 0 Å². The first-order chi connectivity index (χ1) is 12.5. The zero-order valence-corrected chi connectivity index (χ0v) is 16.0. The van der Waals surface area contributed by atoms with Crippen molar-refractivity contribution in [3.8, 4) is 11.3 Å². The number of benzene rings is 2. The molecule has 1 heterocycles. The Bertz CT molecular complexity index is 962. The van der Waals surface area contributed by atoms with Gasteiger partial charge < -0.3 is 15.8 Å². The zero-order valence-electron chi connectivity index (χ0n) is 13.8. The number of aromatic carboxylic acids is 1. The van der Waals surface area contributed by atoms with E-state index in [0.717, 1.165) is 18.4 Å². The number of hydrogen-bond acceptors (Lipinski definition) is 2. The Kier molecular flexibility index (Phi) is 5.78. The van der Waals surface area contributed by atoms with Crippen LogP contribution in [-0.4, -0.2) is 22.6 Å². The second-order valence-corrected chi connectivity index (χ2v) is 7.19. The third kappa shape index (κ3) is 3.42. The summed E-state index contributed by atoms with van der Waals surface area (Å²) in [7, 11) is 0. The molecule has 0 spiro atoms. The van der Waals surface area contributed by atoms with Gasteiger partial charge in [0.1, 0.15) is 0 Å². The van der Waals surface area contributed by atoms with Crippen molar-refractivity contribution in [2.45, 2.75) is 19.3 Å². The molecule has 0 atom stereocenters. The van der Waals surface area contributed by atoms with Crippen molar-refractivity contribution < 1.29 is 9.90 Å². The Morgan fingerprint density at radius 2 is 1.73 bits per heavy atom. The molecule has 4 nitrogen and oxygen atoms in total. The monoisotopic (exact) mass is 410 g/mol. The molecule has 0 aliphatic rings. The summed E-state index contributed by atoms with van der Waals surface area (Å²) >= 11 is 19.1. The van der Waals surface area contributed by atoms with Gasteiger partial charge in [-0.2, -0.15) is 0 Å². The summed E-state index contributed by atoms with van der Waals surface area (Å²) < 4.78 is 0. The molecule has 4 N–H and O–H groups in total. The van der Waals surface area contributed by atoms with E-state index in [2.05, 4.69) is 4.98 Å². The van der Waals surface area contributed by atoms with Crippen molar-refractivity contribution in [2.24, 2.45) is 5.73 Å². The molecule has 0 aliphatic heterocycles. The number of H-pyrrole nitrogens is 1. The molecule has 26 heavy (non-hydrogen) atoms. The van der Waals surface area contributed by atoms with Crippen LogP contribution >= 0.6 is 34.8 Å². The van der Waals surface area contributed by atoms with E-state index < -0.39 is 5.97 Å². The number of rotatable bonds is 6. The molecule has 0 saturated heterocycles. The quantitative estimate of drug-likeness (QED) is 0.450. The molecular formula is C19H17Cl3N2O2. The van der Waals surface area contributed by atoms with Gasteiger partial charge in [-0.15, -0.1) is 0 Å². The van der Waals surface area contributed by atoms with Gasteiger partial charge in [-0.3, -0.25) is 0 Å². The first-order valence-corrected chi connectivity index (χ1v) is 9.30. The molecule has 3 rings (SSSR count). The topological polar surface area (TPSA) is 79.1 Å². The molecule has 0 fully saturated rings. The van der Waals surface area contributed by atoms with Gasteiger partial charge in [-0.05, 0) is 55.6 Å².